The summed E-state index contributed by atoms with van der Waals surface area (Å²) in [5.74, 6) is -1.12. The molecule has 6 heteroatoms. The maximum absolute atomic E-state index is 11.8. The topological polar surface area (TPSA) is 75.7 Å². The lowest BCUT2D eigenvalue weighted by Crippen LogP contribution is -2.55. The number of nitrogens with zero attached hydrogens (tertiary/aromatic N) is 1. The van der Waals surface area contributed by atoms with Gasteiger partial charge >= 0.3 is 0 Å². The standard InChI is InChI=1S/C9H12N2O4/c12-7-4-11(5-8(13)10-7)9(14)6-2-1-3-15-6/h6H,1-5H2,(H,10,12,13)/t6-/m0/s1. The monoisotopic (exact) mass is 212 g/mol. The largest absolute Gasteiger partial charge is 0.368 e. The number of imide groups is 1. The summed E-state index contributed by atoms with van der Waals surface area (Å²) in [6.45, 7) is 0.471. The molecule has 0 radical (unpaired) electrons. The second-order valence-corrected chi connectivity index (χ2v) is 3.67. The summed E-state index contributed by atoms with van der Waals surface area (Å²) in [5, 5.41) is 2.14. The SMILES string of the molecule is O=C1CN(C(=O)[C@@H]2CCCO2)CC(=O)N1. The van der Waals surface area contributed by atoms with E-state index in [0.29, 0.717) is 13.0 Å². The Morgan fingerprint density at radius 2 is 2.00 bits per heavy atom. The zero-order valence-electron chi connectivity index (χ0n) is 8.19. The Kier molecular flexibility index (Phi) is 2.68. The Hall–Kier alpha value is -1.43. The van der Waals surface area contributed by atoms with Gasteiger partial charge in [0.15, 0.2) is 0 Å². The Bertz CT molecular complexity index is 293. The van der Waals surface area contributed by atoms with Gasteiger partial charge in [0.25, 0.3) is 5.91 Å². The van der Waals surface area contributed by atoms with Crippen molar-refractivity contribution in [2.75, 3.05) is 19.7 Å². The number of amides is 3. The van der Waals surface area contributed by atoms with E-state index < -0.39 is 17.9 Å². The van der Waals surface area contributed by atoms with E-state index in [0.717, 1.165) is 6.42 Å². The molecule has 15 heavy (non-hydrogen) atoms. The third-order valence-corrected chi connectivity index (χ3v) is 2.46. The zero-order chi connectivity index (χ0) is 10.8. The summed E-state index contributed by atoms with van der Waals surface area (Å²) in [6.07, 6.45) is 1.05. The van der Waals surface area contributed by atoms with Gasteiger partial charge in [-0.1, -0.05) is 0 Å². The number of piperazine rings is 1. The van der Waals surface area contributed by atoms with Crippen LogP contribution in [0.2, 0.25) is 0 Å². The summed E-state index contributed by atoms with van der Waals surface area (Å²) in [5.41, 5.74) is 0. The average Bonchev–Trinajstić information content (AvgIpc) is 2.67. The van der Waals surface area contributed by atoms with Gasteiger partial charge in [-0.15, -0.1) is 0 Å². The van der Waals surface area contributed by atoms with Crippen molar-refractivity contribution >= 4 is 17.7 Å². The number of nitrogens with one attached hydrogen (secondary N) is 1. The summed E-state index contributed by atoms with van der Waals surface area (Å²) < 4.78 is 5.20. The molecule has 0 aromatic heterocycles. The molecule has 0 unspecified atom stereocenters. The molecule has 0 spiro atoms. The fourth-order valence-electron chi connectivity index (χ4n) is 1.77. The Morgan fingerprint density at radius 3 is 2.53 bits per heavy atom. The highest BCUT2D eigenvalue weighted by Crippen LogP contribution is 2.15. The van der Waals surface area contributed by atoms with E-state index in [1.807, 2.05) is 0 Å². The van der Waals surface area contributed by atoms with Crippen LogP contribution >= 0.6 is 0 Å². The lowest BCUT2D eigenvalue weighted by Gasteiger charge is -2.27. The molecular weight excluding hydrogens is 200 g/mol. The van der Waals surface area contributed by atoms with Gasteiger partial charge in [-0.05, 0) is 12.8 Å². The molecule has 1 atom stereocenters. The Balaban J connectivity index is 1.99. The van der Waals surface area contributed by atoms with Crippen molar-refractivity contribution in [1.82, 2.24) is 10.2 Å². The van der Waals surface area contributed by atoms with Gasteiger partial charge in [-0.25, -0.2) is 0 Å². The first kappa shape index (κ1) is 10.1. The van der Waals surface area contributed by atoms with Gasteiger partial charge in [0, 0.05) is 6.61 Å². The average molecular weight is 212 g/mol. The lowest BCUT2D eigenvalue weighted by atomic mass is 10.2. The summed E-state index contributed by atoms with van der Waals surface area (Å²) >= 11 is 0. The van der Waals surface area contributed by atoms with E-state index in [1.165, 1.54) is 4.90 Å². The minimum atomic E-state index is -0.469. The summed E-state index contributed by atoms with van der Waals surface area (Å²) in [4.78, 5) is 35.1. The van der Waals surface area contributed by atoms with Gasteiger partial charge in [0.05, 0.1) is 0 Å². The Morgan fingerprint density at radius 1 is 1.33 bits per heavy atom. The summed E-state index contributed by atoms with van der Waals surface area (Å²) in [7, 11) is 0. The molecule has 0 bridgehead atoms. The molecule has 6 nitrogen and oxygen atoms in total. The number of carbonyl (C=O) groups excluding carboxylic acids is 3. The van der Waals surface area contributed by atoms with Crippen molar-refractivity contribution < 1.29 is 19.1 Å². The quantitative estimate of drug-likeness (QED) is 0.545. The van der Waals surface area contributed by atoms with E-state index in [2.05, 4.69) is 5.32 Å². The lowest BCUT2D eigenvalue weighted by molar-refractivity contribution is -0.150. The normalized spacial score (nSPS) is 26.7. The van der Waals surface area contributed by atoms with Crippen molar-refractivity contribution in [3.05, 3.63) is 0 Å². The number of hydrogen-bond acceptors (Lipinski definition) is 4. The second-order valence-electron chi connectivity index (χ2n) is 3.67. The molecule has 82 valence electrons. The molecule has 2 heterocycles. The van der Waals surface area contributed by atoms with Gasteiger partial charge in [0.2, 0.25) is 11.8 Å². The first-order chi connectivity index (χ1) is 7.16. The van der Waals surface area contributed by atoms with Crippen LogP contribution in [0, 0.1) is 0 Å². The van der Waals surface area contributed by atoms with Crippen LogP contribution in [0.1, 0.15) is 12.8 Å². The minimum absolute atomic E-state index is 0.0512. The van der Waals surface area contributed by atoms with Crippen molar-refractivity contribution in [1.29, 1.82) is 0 Å². The van der Waals surface area contributed by atoms with E-state index in [1.54, 1.807) is 0 Å². The fraction of sp³-hybridized carbons (Fsp3) is 0.667. The van der Waals surface area contributed by atoms with Crippen LogP contribution in [-0.4, -0.2) is 48.4 Å². The number of ether oxygens (including phenoxy) is 1. The molecule has 2 aliphatic heterocycles. The van der Waals surface area contributed by atoms with Gasteiger partial charge in [-0.2, -0.15) is 0 Å². The maximum Gasteiger partial charge on any atom is 0.252 e. The van der Waals surface area contributed by atoms with Gasteiger partial charge in [-0.3, -0.25) is 19.7 Å². The maximum atomic E-state index is 11.8. The zero-order valence-corrected chi connectivity index (χ0v) is 8.19. The third-order valence-electron chi connectivity index (χ3n) is 2.46. The van der Waals surface area contributed by atoms with E-state index in [-0.39, 0.29) is 19.0 Å². The highest BCUT2D eigenvalue weighted by Gasteiger charge is 2.33. The van der Waals surface area contributed by atoms with Crippen LogP contribution in [0.5, 0.6) is 0 Å². The second kappa shape index (κ2) is 3.98. The van der Waals surface area contributed by atoms with Crippen molar-refractivity contribution in [3.63, 3.8) is 0 Å². The smallest absolute Gasteiger partial charge is 0.252 e. The Labute approximate surface area is 86.6 Å². The van der Waals surface area contributed by atoms with Crippen LogP contribution in [0.3, 0.4) is 0 Å². The molecule has 3 amide bonds. The number of rotatable bonds is 1. The van der Waals surface area contributed by atoms with Crippen molar-refractivity contribution in [2.24, 2.45) is 0 Å². The van der Waals surface area contributed by atoms with Crippen LogP contribution in [0.4, 0.5) is 0 Å². The molecule has 0 aromatic rings. The highest BCUT2D eigenvalue weighted by atomic mass is 16.5. The molecule has 2 aliphatic rings. The van der Waals surface area contributed by atoms with Crippen LogP contribution in [0.15, 0.2) is 0 Å². The van der Waals surface area contributed by atoms with Crippen LogP contribution < -0.4 is 5.32 Å². The van der Waals surface area contributed by atoms with E-state index in [4.69, 9.17) is 4.74 Å². The molecule has 0 aromatic carbocycles. The predicted molar refractivity (Wildman–Crippen MR) is 48.7 cm³/mol. The predicted octanol–water partition coefficient (Wildman–Crippen LogP) is -1.35. The first-order valence-corrected chi connectivity index (χ1v) is 4.90. The minimum Gasteiger partial charge on any atom is -0.368 e. The number of hydrogen-bond donors (Lipinski definition) is 1. The van der Waals surface area contributed by atoms with Crippen LogP contribution in [0.25, 0.3) is 0 Å². The molecule has 1 N–H and O–H groups in total. The third kappa shape index (κ3) is 2.15. The van der Waals surface area contributed by atoms with Crippen molar-refractivity contribution in [2.45, 2.75) is 18.9 Å². The number of carbonyl (C=O) groups is 3. The van der Waals surface area contributed by atoms with Gasteiger partial charge < -0.3 is 9.64 Å². The van der Waals surface area contributed by atoms with Crippen molar-refractivity contribution in [3.8, 4) is 0 Å². The molecule has 2 saturated heterocycles. The summed E-state index contributed by atoms with van der Waals surface area (Å²) in [6, 6.07) is 0. The molecule has 0 aliphatic carbocycles. The molecule has 0 saturated carbocycles. The van der Waals surface area contributed by atoms with E-state index >= 15 is 0 Å². The van der Waals surface area contributed by atoms with E-state index in [9.17, 15) is 14.4 Å². The van der Waals surface area contributed by atoms with Gasteiger partial charge in [0.1, 0.15) is 19.2 Å². The highest BCUT2D eigenvalue weighted by molar-refractivity contribution is 6.03. The van der Waals surface area contributed by atoms with Crippen LogP contribution in [-0.2, 0) is 19.1 Å². The molecular formula is C9H12N2O4. The molecule has 2 fully saturated rings. The molecule has 2 rings (SSSR count). The fourth-order valence-corrected chi connectivity index (χ4v) is 1.77. The first-order valence-electron chi connectivity index (χ1n) is 4.90.